The summed E-state index contributed by atoms with van der Waals surface area (Å²) in [5.74, 6) is 1.80. The summed E-state index contributed by atoms with van der Waals surface area (Å²) in [4.78, 5) is 2.31. The second-order valence-electron chi connectivity index (χ2n) is 6.16. The van der Waals surface area contributed by atoms with Crippen molar-refractivity contribution >= 4 is 0 Å². The molecule has 0 amide bonds. The number of nitrogens with zero attached hydrogens (tertiary/aromatic N) is 1. The molecular formula is C16H23NO. The standard InChI is InChI=1S/C16H23NO/c1-17(2)12-14-8-5-6-10-16(14)11-13-7-3-4-9-15(13)18-16/h3-4,7,9,14H,5-6,8,10-12H2,1-2H3/t14-,16-/m0/s1. The van der Waals surface area contributed by atoms with Crippen molar-refractivity contribution < 1.29 is 4.74 Å². The Bertz CT molecular complexity index is 402. The van der Waals surface area contributed by atoms with Crippen molar-refractivity contribution in [2.45, 2.75) is 37.7 Å². The highest BCUT2D eigenvalue weighted by Gasteiger charge is 2.46. The van der Waals surface area contributed by atoms with Gasteiger partial charge in [-0.15, -0.1) is 0 Å². The van der Waals surface area contributed by atoms with Crippen LogP contribution in [0.4, 0.5) is 0 Å². The maximum absolute atomic E-state index is 6.42. The van der Waals surface area contributed by atoms with E-state index in [2.05, 4.69) is 43.3 Å². The Morgan fingerprint density at radius 2 is 2.11 bits per heavy atom. The van der Waals surface area contributed by atoms with Crippen molar-refractivity contribution in [3.63, 3.8) is 0 Å². The number of ether oxygens (including phenoxy) is 1. The monoisotopic (exact) mass is 245 g/mol. The molecule has 1 spiro atoms. The van der Waals surface area contributed by atoms with Gasteiger partial charge in [0.2, 0.25) is 0 Å². The first-order chi connectivity index (χ1) is 8.70. The quantitative estimate of drug-likeness (QED) is 0.794. The molecule has 0 saturated heterocycles. The minimum atomic E-state index is 0.0895. The molecule has 1 aromatic rings. The predicted octanol–water partition coefficient (Wildman–Crippen LogP) is 3.11. The molecule has 3 rings (SSSR count). The number of benzene rings is 1. The molecule has 0 N–H and O–H groups in total. The normalized spacial score (nSPS) is 30.5. The van der Waals surface area contributed by atoms with Crippen molar-refractivity contribution in [1.82, 2.24) is 4.90 Å². The van der Waals surface area contributed by atoms with Crippen molar-refractivity contribution in [3.05, 3.63) is 29.8 Å². The molecule has 1 saturated carbocycles. The van der Waals surface area contributed by atoms with Crippen LogP contribution < -0.4 is 4.74 Å². The molecule has 2 heteroatoms. The Morgan fingerprint density at radius 3 is 2.89 bits per heavy atom. The third-order valence-electron chi connectivity index (χ3n) is 4.51. The van der Waals surface area contributed by atoms with Crippen LogP contribution in [-0.4, -0.2) is 31.1 Å². The van der Waals surface area contributed by atoms with Gasteiger partial charge in [-0.3, -0.25) is 0 Å². The van der Waals surface area contributed by atoms with E-state index in [0.29, 0.717) is 5.92 Å². The van der Waals surface area contributed by atoms with Crippen LogP contribution in [-0.2, 0) is 6.42 Å². The molecule has 0 radical (unpaired) electrons. The van der Waals surface area contributed by atoms with Gasteiger partial charge in [-0.1, -0.05) is 24.6 Å². The largest absolute Gasteiger partial charge is 0.486 e. The molecule has 18 heavy (non-hydrogen) atoms. The summed E-state index contributed by atoms with van der Waals surface area (Å²) in [6, 6.07) is 8.57. The smallest absolute Gasteiger partial charge is 0.123 e. The Kier molecular flexibility index (Phi) is 3.06. The lowest BCUT2D eigenvalue weighted by atomic mass is 9.73. The highest BCUT2D eigenvalue weighted by atomic mass is 16.5. The second-order valence-corrected chi connectivity index (χ2v) is 6.16. The van der Waals surface area contributed by atoms with Gasteiger partial charge in [-0.25, -0.2) is 0 Å². The maximum atomic E-state index is 6.42. The summed E-state index contributed by atoms with van der Waals surface area (Å²) < 4.78 is 6.42. The Morgan fingerprint density at radius 1 is 1.28 bits per heavy atom. The topological polar surface area (TPSA) is 12.5 Å². The Balaban J connectivity index is 1.85. The Hall–Kier alpha value is -1.02. The fourth-order valence-corrected chi connectivity index (χ4v) is 3.67. The van der Waals surface area contributed by atoms with E-state index >= 15 is 0 Å². The molecule has 2 atom stereocenters. The average Bonchev–Trinajstić information content (AvgIpc) is 2.70. The van der Waals surface area contributed by atoms with Gasteiger partial charge in [0, 0.05) is 18.9 Å². The van der Waals surface area contributed by atoms with Crippen LogP contribution in [0.3, 0.4) is 0 Å². The summed E-state index contributed by atoms with van der Waals surface area (Å²) in [6.07, 6.45) is 6.33. The summed E-state index contributed by atoms with van der Waals surface area (Å²) >= 11 is 0. The van der Waals surface area contributed by atoms with Crippen LogP contribution in [0, 0.1) is 5.92 Å². The minimum absolute atomic E-state index is 0.0895. The average molecular weight is 245 g/mol. The van der Waals surface area contributed by atoms with Crippen molar-refractivity contribution in [2.75, 3.05) is 20.6 Å². The molecule has 1 aliphatic heterocycles. The predicted molar refractivity (Wildman–Crippen MR) is 74.0 cm³/mol. The maximum Gasteiger partial charge on any atom is 0.123 e. The molecule has 0 unspecified atom stereocenters. The first-order valence-corrected chi connectivity index (χ1v) is 7.11. The van der Waals surface area contributed by atoms with Gasteiger partial charge in [0.15, 0.2) is 0 Å². The van der Waals surface area contributed by atoms with E-state index in [-0.39, 0.29) is 5.60 Å². The summed E-state index contributed by atoms with van der Waals surface area (Å²) in [6.45, 7) is 1.15. The fraction of sp³-hybridized carbons (Fsp3) is 0.625. The highest BCUT2D eigenvalue weighted by Crippen LogP contribution is 2.46. The number of hydrogen-bond donors (Lipinski definition) is 0. The van der Waals surface area contributed by atoms with E-state index < -0.39 is 0 Å². The fourth-order valence-electron chi connectivity index (χ4n) is 3.67. The van der Waals surface area contributed by atoms with Gasteiger partial charge in [-0.05, 0) is 45.0 Å². The van der Waals surface area contributed by atoms with Crippen molar-refractivity contribution in [2.24, 2.45) is 5.92 Å². The van der Waals surface area contributed by atoms with Gasteiger partial charge < -0.3 is 9.64 Å². The zero-order valence-corrected chi connectivity index (χ0v) is 11.5. The van der Waals surface area contributed by atoms with E-state index in [1.807, 2.05) is 0 Å². The molecule has 0 bridgehead atoms. The molecule has 2 aliphatic rings. The first kappa shape index (κ1) is 12.0. The van der Waals surface area contributed by atoms with Crippen LogP contribution in [0.2, 0.25) is 0 Å². The van der Waals surface area contributed by atoms with Crippen molar-refractivity contribution in [1.29, 1.82) is 0 Å². The Labute approximate surface area is 110 Å². The zero-order chi connectivity index (χ0) is 12.6. The lowest BCUT2D eigenvalue weighted by Gasteiger charge is -2.41. The van der Waals surface area contributed by atoms with Gasteiger partial charge in [0.05, 0.1) is 0 Å². The van der Waals surface area contributed by atoms with Gasteiger partial charge >= 0.3 is 0 Å². The number of hydrogen-bond acceptors (Lipinski definition) is 2. The van der Waals surface area contributed by atoms with E-state index in [0.717, 1.165) is 18.7 Å². The summed E-state index contributed by atoms with van der Waals surface area (Å²) in [5, 5.41) is 0. The number of rotatable bonds is 2. The molecule has 0 aromatic heterocycles. The lowest BCUT2D eigenvalue weighted by molar-refractivity contribution is -0.0150. The van der Waals surface area contributed by atoms with Crippen LogP contribution >= 0.6 is 0 Å². The van der Waals surface area contributed by atoms with E-state index in [4.69, 9.17) is 4.74 Å². The number of para-hydroxylation sites is 1. The van der Waals surface area contributed by atoms with E-state index in [1.165, 1.54) is 31.2 Å². The van der Waals surface area contributed by atoms with Crippen LogP contribution in [0.15, 0.2) is 24.3 Å². The summed E-state index contributed by atoms with van der Waals surface area (Å²) in [5.41, 5.74) is 1.50. The minimum Gasteiger partial charge on any atom is -0.486 e. The van der Waals surface area contributed by atoms with Crippen LogP contribution in [0.5, 0.6) is 5.75 Å². The first-order valence-electron chi connectivity index (χ1n) is 7.11. The van der Waals surface area contributed by atoms with Gasteiger partial charge in [0.25, 0.3) is 0 Å². The molecule has 1 fully saturated rings. The van der Waals surface area contributed by atoms with Crippen LogP contribution in [0.1, 0.15) is 31.2 Å². The summed E-state index contributed by atoms with van der Waals surface area (Å²) in [7, 11) is 4.34. The molecule has 98 valence electrons. The lowest BCUT2D eigenvalue weighted by Crippen LogP contribution is -2.48. The molecule has 1 aromatic carbocycles. The third-order valence-corrected chi connectivity index (χ3v) is 4.51. The molecule has 1 heterocycles. The SMILES string of the molecule is CN(C)C[C@@H]1CCCC[C@]12Cc1ccccc1O2. The molecule has 2 nitrogen and oxygen atoms in total. The molecular weight excluding hydrogens is 222 g/mol. The van der Waals surface area contributed by atoms with E-state index in [9.17, 15) is 0 Å². The number of fused-ring (bicyclic) bond motifs is 1. The van der Waals surface area contributed by atoms with E-state index in [1.54, 1.807) is 0 Å². The van der Waals surface area contributed by atoms with Gasteiger partial charge in [-0.2, -0.15) is 0 Å². The highest BCUT2D eigenvalue weighted by molar-refractivity contribution is 5.39. The molecule has 1 aliphatic carbocycles. The second kappa shape index (κ2) is 4.58. The third kappa shape index (κ3) is 2.03. The van der Waals surface area contributed by atoms with Crippen LogP contribution in [0.25, 0.3) is 0 Å². The zero-order valence-electron chi connectivity index (χ0n) is 11.5. The van der Waals surface area contributed by atoms with Crippen molar-refractivity contribution in [3.8, 4) is 5.75 Å². The van der Waals surface area contributed by atoms with Gasteiger partial charge in [0.1, 0.15) is 11.4 Å².